The van der Waals surface area contributed by atoms with Crippen molar-refractivity contribution < 1.29 is 9.00 Å². The van der Waals surface area contributed by atoms with E-state index >= 15 is 0 Å². The van der Waals surface area contributed by atoms with Crippen LogP contribution in [-0.4, -0.2) is 43.4 Å². The van der Waals surface area contributed by atoms with Crippen LogP contribution in [0.3, 0.4) is 0 Å². The number of carbonyl (C=O) groups is 1. The lowest BCUT2D eigenvalue weighted by Gasteiger charge is -2.25. The molecule has 2 aromatic heterocycles. The summed E-state index contributed by atoms with van der Waals surface area (Å²) < 4.78 is 11.5. The van der Waals surface area contributed by atoms with E-state index in [0.717, 1.165) is 16.0 Å². The summed E-state index contributed by atoms with van der Waals surface area (Å²) in [5, 5.41) is 2.86. The van der Waals surface area contributed by atoms with Crippen LogP contribution >= 0.6 is 0 Å². The Bertz CT molecular complexity index is 905. The summed E-state index contributed by atoms with van der Waals surface area (Å²) in [7, 11) is 0.733. The zero-order valence-electron chi connectivity index (χ0n) is 14.9. The highest BCUT2D eigenvalue weighted by Crippen LogP contribution is 2.20. The molecule has 136 valence electrons. The maximum atomic E-state index is 12.4. The van der Waals surface area contributed by atoms with Crippen LogP contribution in [0.15, 0.2) is 47.5 Å². The van der Waals surface area contributed by atoms with Crippen LogP contribution in [0.2, 0.25) is 0 Å². The molecule has 3 aromatic rings. The summed E-state index contributed by atoms with van der Waals surface area (Å²) in [5.74, 6) is 0.655. The summed E-state index contributed by atoms with van der Waals surface area (Å²) in [4.78, 5) is 26.5. The number of imidazole rings is 1. The number of urea groups is 1. The third-order valence-electron chi connectivity index (χ3n) is 4.31. The van der Waals surface area contributed by atoms with Crippen molar-refractivity contribution in [3.05, 3.63) is 54.0 Å². The lowest BCUT2D eigenvalue weighted by atomic mass is 10.1. The number of rotatable bonds is 5. The van der Waals surface area contributed by atoms with Crippen LogP contribution in [0.5, 0.6) is 0 Å². The van der Waals surface area contributed by atoms with Gasteiger partial charge >= 0.3 is 6.03 Å². The Morgan fingerprint density at radius 1 is 1.31 bits per heavy atom. The Morgan fingerprint density at radius 3 is 2.69 bits per heavy atom. The first-order valence-corrected chi connectivity index (χ1v) is 9.75. The van der Waals surface area contributed by atoms with Crippen molar-refractivity contribution >= 4 is 28.0 Å². The molecule has 0 saturated heterocycles. The monoisotopic (exact) mass is 371 g/mol. The second-order valence-electron chi connectivity index (χ2n) is 6.03. The van der Waals surface area contributed by atoms with Crippen molar-refractivity contribution in [2.75, 3.05) is 13.3 Å². The second-order valence-corrected chi connectivity index (χ2v) is 7.41. The Morgan fingerprint density at radius 2 is 2.04 bits per heavy atom. The van der Waals surface area contributed by atoms with E-state index in [1.165, 1.54) is 0 Å². The summed E-state index contributed by atoms with van der Waals surface area (Å²) in [6.45, 7) is 2.24. The molecule has 0 radical (unpaired) electrons. The fraction of sp³-hybridized carbons (Fsp3) is 0.278. The molecule has 2 N–H and O–H groups in total. The minimum Gasteiger partial charge on any atom is -0.339 e. The number of aromatic amines is 1. The Kier molecular flexibility index (Phi) is 5.32. The van der Waals surface area contributed by atoms with Crippen LogP contribution in [0.1, 0.15) is 24.4 Å². The number of H-pyrrole nitrogens is 1. The minimum absolute atomic E-state index is 0.119. The average molecular weight is 371 g/mol. The second kappa shape index (κ2) is 7.65. The third-order valence-corrected chi connectivity index (χ3v) is 5.25. The summed E-state index contributed by atoms with van der Waals surface area (Å²) in [5.41, 5.74) is 2.45. The van der Waals surface area contributed by atoms with E-state index < -0.39 is 10.8 Å². The fourth-order valence-corrected chi connectivity index (χ4v) is 3.12. The van der Waals surface area contributed by atoms with E-state index in [4.69, 9.17) is 0 Å². The Labute approximate surface area is 154 Å². The van der Waals surface area contributed by atoms with Gasteiger partial charge in [0.25, 0.3) is 0 Å². The van der Waals surface area contributed by atoms with E-state index in [-0.39, 0.29) is 12.1 Å². The predicted molar refractivity (Wildman–Crippen MR) is 101 cm³/mol. The SMILES string of the molecule is CC(c1ccc(S(C)=O)cc1)N(C)C(=O)NCc1nc2ncccc2[nH]1. The lowest BCUT2D eigenvalue weighted by molar-refractivity contribution is 0.193. The zero-order valence-corrected chi connectivity index (χ0v) is 15.7. The van der Waals surface area contributed by atoms with Gasteiger partial charge < -0.3 is 15.2 Å². The molecule has 3 rings (SSSR count). The molecule has 7 nitrogen and oxygen atoms in total. The number of nitrogens with zero attached hydrogens (tertiary/aromatic N) is 3. The quantitative estimate of drug-likeness (QED) is 0.721. The molecular formula is C18H21N5O2S. The van der Waals surface area contributed by atoms with E-state index in [1.54, 1.807) is 24.4 Å². The maximum absolute atomic E-state index is 12.4. The van der Waals surface area contributed by atoms with E-state index in [9.17, 15) is 9.00 Å². The van der Waals surface area contributed by atoms with Gasteiger partial charge in [-0.15, -0.1) is 0 Å². The fourth-order valence-electron chi connectivity index (χ4n) is 2.60. The topological polar surface area (TPSA) is 91.0 Å². The van der Waals surface area contributed by atoms with Gasteiger partial charge in [-0.05, 0) is 36.8 Å². The molecule has 0 aliphatic carbocycles. The first-order chi connectivity index (χ1) is 12.5. The summed E-state index contributed by atoms with van der Waals surface area (Å²) in [6, 6.07) is 10.9. The van der Waals surface area contributed by atoms with Crippen molar-refractivity contribution in [3.63, 3.8) is 0 Å². The van der Waals surface area contributed by atoms with Gasteiger partial charge in [-0.2, -0.15) is 0 Å². The predicted octanol–water partition coefficient (Wildman–Crippen LogP) is 2.60. The zero-order chi connectivity index (χ0) is 18.7. The first-order valence-electron chi connectivity index (χ1n) is 8.19. The van der Waals surface area contributed by atoms with Gasteiger partial charge in [0.2, 0.25) is 0 Å². The molecule has 0 fully saturated rings. The van der Waals surface area contributed by atoms with E-state index in [1.807, 2.05) is 43.3 Å². The van der Waals surface area contributed by atoms with Crippen molar-refractivity contribution in [1.82, 2.24) is 25.2 Å². The van der Waals surface area contributed by atoms with Gasteiger partial charge in [-0.25, -0.2) is 14.8 Å². The van der Waals surface area contributed by atoms with Gasteiger partial charge in [-0.3, -0.25) is 4.21 Å². The van der Waals surface area contributed by atoms with Gasteiger partial charge in [-0.1, -0.05) is 12.1 Å². The smallest absolute Gasteiger partial charge is 0.318 e. The highest BCUT2D eigenvalue weighted by molar-refractivity contribution is 7.84. The molecule has 1 aromatic carbocycles. The number of carbonyl (C=O) groups excluding carboxylic acids is 1. The molecule has 0 aliphatic rings. The van der Waals surface area contributed by atoms with Crippen molar-refractivity contribution in [1.29, 1.82) is 0 Å². The number of hydrogen-bond donors (Lipinski definition) is 2. The molecule has 0 spiro atoms. The van der Waals surface area contributed by atoms with E-state index in [0.29, 0.717) is 18.0 Å². The van der Waals surface area contributed by atoms with E-state index in [2.05, 4.69) is 20.3 Å². The molecule has 8 heteroatoms. The Balaban J connectivity index is 1.62. The van der Waals surface area contributed by atoms with Gasteiger partial charge in [0.15, 0.2) is 5.65 Å². The third kappa shape index (κ3) is 3.91. The lowest BCUT2D eigenvalue weighted by Crippen LogP contribution is -2.38. The highest BCUT2D eigenvalue weighted by Gasteiger charge is 2.17. The molecule has 0 saturated carbocycles. The average Bonchev–Trinajstić information content (AvgIpc) is 3.08. The number of pyridine rings is 1. The van der Waals surface area contributed by atoms with Gasteiger partial charge in [0.05, 0.1) is 18.1 Å². The summed E-state index contributed by atoms with van der Waals surface area (Å²) in [6.07, 6.45) is 3.33. The number of benzene rings is 1. The molecule has 2 unspecified atom stereocenters. The Hall–Kier alpha value is -2.74. The molecular weight excluding hydrogens is 350 g/mol. The van der Waals surface area contributed by atoms with Gasteiger partial charge in [0.1, 0.15) is 5.82 Å². The molecule has 0 bridgehead atoms. The molecule has 2 amide bonds. The van der Waals surface area contributed by atoms with Crippen molar-refractivity contribution in [3.8, 4) is 0 Å². The van der Waals surface area contributed by atoms with Crippen molar-refractivity contribution in [2.24, 2.45) is 0 Å². The molecule has 0 aliphatic heterocycles. The maximum Gasteiger partial charge on any atom is 0.318 e. The van der Waals surface area contributed by atoms with Crippen LogP contribution in [-0.2, 0) is 17.3 Å². The molecule has 2 heterocycles. The highest BCUT2D eigenvalue weighted by atomic mass is 32.2. The van der Waals surface area contributed by atoms with Crippen LogP contribution < -0.4 is 5.32 Å². The summed E-state index contributed by atoms with van der Waals surface area (Å²) >= 11 is 0. The van der Waals surface area contributed by atoms with Gasteiger partial charge in [0, 0.05) is 35.2 Å². The largest absolute Gasteiger partial charge is 0.339 e. The number of nitrogens with one attached hydrogen (secondary N) is 2. The number of hydrogen-bond acceptors (Lipinski definition) is 4. The van der Waals surface area contributed by atoms with Crippen LogP contribution in [0.25, 0.3) is 11.2 Å². The molecule has 2 atom stereocenters. The number of amides is 2. The number of fused-ring (bicyclic) bond motifs is 1. The van der Waals surface area contributed by atoms with Crippen molar-refractivity contribution in [2.45, 2.75) is 24.4 Å². The van der Waals surface area contributed by atoms with Crippen LogP contribution in [0, 0.1) is 0 Å². The first kappa shape index (κ1) is 18.1. The standard InChI is InChI=1S/C18H21N5O2S/c1-12(13-6-8-14(9-7-13)26(3)25)23(2)18(24)20-11-16-21-15-5-4-10-19-17(15)22-16/h4-10,12H,11H2,1-3H3,(H,20,24)(H,19,21,22). The van der Waals surface area contributed by atoms with Crippen LogP contribution in [0.4, 0.5) is 4.79 Å². The number of aromatic nitrogens is 3. The minimum atomic E-state index is -1.01. The normalized spacial score (nSPS) is 13.3. The molecule has 26 heavy (non-hydrogen) atoms.